The van der Waals surface area contributed by atoms with E-state index < -0.39 is 41.0 Å². The summed E-state index contributed by atoms with van der Waals surface area (Å²) in [5.74, 6) is -5.61. The molecule has 44 heavy (non-hydrogen) atoms. The van der Waals surface area contributed by atoms with Gasteiger partial charge in [-0.25, -0.2) is 4.79 Å². The number of likely N-dealkylation sites (N-methyl/N-ethyl adjacent to an activating group) is 2. The number of nitrogens with zero attached hydrogens (tertiary/aromatic N) is 4. The molecule has 4 aromatic rings. The summed E-state index contributed by atoms with van der Waals surface area (Å²) in [4.78, 5) is 32.4. The largest absolute Gasteiger partial charge is 0.478 e. The number of amides is 1. The van der Waals surface area contributed by atoms with Crippen molar-refractivity contribution in [2.75, 3.05) is 51.6 Å². The van der Waals surface area contributed by atoms with Crippen LogP contribution < -0.4 is 25.0 Å². The van der Waals surface area contributed by atoms with Crippen LogP contribution in [0.5, 0.6) is 23.3 Å². The summed E-state index contributed by atoms with van der Waals surface area (Å²) >= 11 is 0. The highest BCUT2D eigenvalue weighted by atomic mass is 19.1. The highest BCUT2D eigenvalue weighted by Gasteiger charge is 2.28. The summed E-state index contributed by atoms with van der Waals surface area (Å²) in [7, 11) is 7.82. The maximum absolute atomic E-state index is 16.0. The molecule has 0 saturated carbocycles. The van der Waals surface area contributed by atoms with Gasteiger partial charge in [-0.1, -0.05) is 30.3 Å². The second-order valence-corrected chi connectivity index (χ2v) is 10.4. The summed E-state index contributed by atoms with van der Waals surface area (Å²) in [5.41, 5.74) is 7.94. The second-order valence-electron chi connectivity index (χ2n) is 10.4. The zero-order valence-corrected chi connectivity index (χ0v) is 25.0. The molecule has 1 amide bonds. The Kier molecular flexibility index (Phi) is 9.64. The molecule has 1 heterocycles. The lowest BCUT2D eigenvalue weighted by atomic mass is 10.0. The molecule has 0 fully saturated rings. The number of carbonyl (C=O) groups is 2. The summed E-state index contributed by atoms with van der Waals surface area (Å²) in [5, 5.41) is 9.73. The number of halogens is 2. The molecule has 0 atom stereocenters. The van der Waals surface area contributed by atoms with Crippen molar-refractivity contribution in [1.82, 2.24) is 9.88 Å². The molecule has 0 aliphatic carbocycles. The first-order valence-corrected chi connectivity index (χ1v) is 13.5. The van der Waals surface area contributed by atoms with E-state index in [1.54, 1.807) is 43.3 Å². The minimum Gasteiger partial charge on any atom is -0.478 e. The summed E-state index contributed by atoms with van der Waals surface area (Å²) in [6.45, 7) is -0.0294. The van der Waals surface area contributed by atoms with Crippen molar-refractivity contribution in [1.29, 1.82) is 0 Å². The van der Waals surface area contributed by atoms with Gasteiger partial charge < -0.3 is 35.0 Å². The Morgan fingerprint density at radius 2 is 1.50 bits per heavy atom. The van der Waals surface area contributed by atoms with Gasteiger partial charge in [0.25, 0.3) is 11.8 Å². The van der Waals surface area contributed by atoms with Gasteiger partial charge in [-0.15, -0.1) is 0 Å². The lowest BCUT2D eigenvalue weighted by Crippen LogP contribution is -2.35. The lowest BCUT2D eigenvalue weighted by Gasteiger charge is -2.24. The number of hydrogen-bond acceptors (Lipinski definition) is 8. The van der Waals surface area contributed by atoms with E-state index in [4.69, 9.17) is 15.2 Å². The van der Waals surface area contributed by atoms with E-state index in [1.165, 1.54) is 38.2 Å². The molecule has 10 nitrogen and oxygen atoms in total. The predicted octanol–water partition coefficient (Wildman–Crippen LogP) is 5.36. The minimum atomic E-state index is -1.33. The van der Waals surface area contributed by atoms with E-state index in [0.29, 0.717) is 12.2 Å². The maximum atomic E-state index is 16.0. The molecule has 12 heteroatoms. The van der Waals surface area contributed by atoms with Gasteiger partial charge >= 0.3 is 5.97 Å². The van der Waals surface area contributed by atoms with Gasteiger partial charge in [-0.2, -0.15) is 13.8 Å². The first-order chi connectivity index (χ1) is 20.9. The quantitative estimate of drug-likeness (QED) is 0.233. The number of carboxylic acids is 1. The third kappa shape index (κ3) is 7.04. The highest BCUT2D eigenvalue weighted by Crippen LogP contribution is 2.39. The molecule has 0 unspecified atom stereocenters. The number of ether oxygens (including phenoxy) is 2. The highest BCUT2D eigenvalue weighted by molar-refractivity contribution is 5.91. The number of aromatic carboxylic acids is 1. The summed E-state index contributed by atoms with van der Waals surface area (Å²) < 4.78 is 43.5. The Balaban J connectivity index is 1.82. The van der Waals surface area contributed by atoms with Gasteiger partial charge in [-0.3, -0.25) is 4.79 Å². The minimum absolute atomic E-state index is 0.184. The van der Waals surface area contributed by atoms with Gasteiger partial charge in [0, 0.05) is 53.5 Å². The molecule has 0 saturated heterocycles. The Morgan fingerprint density at radius 3 is 2.11 bits per heavy atom. The molecule has 0 bridgehead atoms. The summed E-state index contributed by atoms with van der Waals surface area (Å²) in [6.07, 6.45) is 0. The normalized spacial score (nSPS) is 10.7. The number of nitrogens with two attached hydrogens (primary N) is 1. The smallest absolute Gasteiger partial charge is 0.339 e. The molecule has 0 spiro atoms. The second kappa shape index (κ2) is 13.4. The third-order valence-electron chi connectivity index (χ3n) is 6.71. The lowest BCUT2D eigenvalue weighted by molar-refractivity contribution is -0.127. The van der Waals surface area contributed by atoms with E-state index in [2.05, 4.69) is 4.98 Å². The molecular formula is C32H33F2N5O5. The molecule has 1 aromatic heterocycles. The van der Waals surface area contributed by atoms with Gasteiger partial charge in [0.15, 0.2) is 0 Å². The van der Waals surface area contributed by atoms with Crippen molar-refractivity contribution in [3.8, 4) is 34.4 Å². The fourth-order valence-corrected chi connectivity index (χ4v) is 4.27. The van der Waals surface area contributed by atoms with E-state index in [-0.39, 0.29) is 23.6 Å². The van der Waals surface area contributed by atoms with Crippen LogP contribution in [0.4, 0.5) is 20.2 Å². The number of benzene rings is 3. The van der Waals surface area contributed by atoms with Crippen LogP contribution in [-0.4, -0.2) is 68.7 Å². The van der Waals surface area contributed by atoms with Crippen LogP contribution in [0.15, 0.2) is 66.7 Å². The molecule has 0 radical (unpaired) electrons. The Morgan fingerprint density at radius 1 is 0.864 bits per heavy atom. The Labute approximate surface area is 253 Å². The molecule has 230 valence electrons. The summed E-state index contributed by atoms with van der Waals surface area (Å²) in [6, 6.07) is 18.6. The predicted molar refractivity (Wildman–Crippen MR) is 164 cm³/mol. The number of hydrogen-bond donors (Lipinski definition) is 2. The van der Waals surface area contributed by atoms with Crippen LogP contribution in [0.3, 0.4) is 0 Å². The SMILES string of the molecule is CN(C)C(=O)CN(C)c1c(F)c(Oc2cccc(-c3cccc(CN)c3)c2)nc(Oc2cc(N(C)C)ccc2C(=O)O)c1F. The first kappa shape index (κ1) is 31.7. The van der Waals surface area contributed by atoms with E-state index in [1.807, 2.05) is 30.3 Å². The van der Waals surface area contributed by atoms with Crippen LogP contribution in [0.25, 0.3) is 11.1 Å². The average Bonchev–Trinajstić information content (AvgIpc) is 2.99. The van der Waals surface area contributed by atoms with Gasteiger partial charge in [-0.05, 0) is 47.0 Å². The van der Waals surface area contributed by atoms with Crippen molar-refractivity contribution in [2.45, 2.75) is 6.54 Å². The fraction of sp³-hybridized carbons (Fsp3) is 0.219. The van der Waals surface area contributed by atoms with Crippen molar-refractivity contribution in [3.63, 3.8) is 0 Å². The van der Waals surface area contributed by atoms with E-state index >= 15 is 8.78 Å². The zero-order valence-electron chi connectivity index (χ0n) is 25.0. The zero-order chi connectivity index (χ0) is 32.1. The molecule has 3 N–H and O–H groups in total. The van der Waals surface area contributed by atoms with Crippen LogP contribution in [0, 0.1) is 11.6 Å². The molecule has 3 aromatic carbocycles. The fourth-order valence-electron chi connectivity index (χ4n) is 4.27. The van der Waals surface area contributed by atoms with Crippen LogP contribution in [0.2, 0.25) is 0 Å². The first-order valence-electron chi connectivity index (χ1n) is 13.5. The third-order valence-corrected chi connectivity index (χ3v) is 6.71. The van der Waals surface area contributed by atoms with Gasteiger partial charge in [0.1, 0.15) is 22.7 Å². The van der Waals surface area contributed by atoms with Crippen molar-refractivity contribution < 1.29 is 33.0 Å². The number of anilines is 2. The topological polar surface area (TPSA) is 121 Å². The maximum Gasteiger partial charge on any atom is 0.339 e. The van der Waals surface area contributed by atoms with E-state index in [0.717, 1.165) is 21.6 Å². The van der Waals surface area contributed by atoms with Crippen molar-refractivity contribution >= 4 is 23.3 Å². The van der Waals surface area contributed by atoms with Crippen molar-refractivity contribution in [3.05, 3.63) is 89.5 Å². The van der Waals surface area contributed by atoms with Crippen LogP contribution in [0.1, 0.15) is 15.9 Å². The standard InChI is InChI=1S/C32H33F2N5O5/c1-37(2)22-12-13-24(32(41)42)25(16-22)44-31-28(34)29(39(5)18-26(40)38(3)4)27(33)30(36-31)43-23-11-7-10-21(15-23)20-9-6-8-19(14-20)17-35/h6-16H,17-18,35H2,1-5H3,(H,41,42). The van der Waals surface area contributed by atoms with Crippen LogP contribution >= 0.6 is 0 Å². The number of carbonyl (C=O) groups excluding carboxylic acids is 1. The Hall–Kier alpha value is -5.23. The van der Waals surface area contributed by atoms with E-state index in [9.17, 15) is 14.7 Å². The number of carboxylic acid groups (broad SMARTS) is 1. The van der Waals surface area contributed by atoms with Crippen LogP contribution in [-0.2, 0) is 11.3 Å². The van der Waals surface area contributed by atoms with Gasteiger partial charge in [0.05, 0.1) is 6.54 Å². The Bertz CT molecular complexity index is 1700. The molecule has 0 aliphatic heterocycles. The molecular weight excluding hydrogens is 572 g/mol. The van der Waals surface area contributed by atoms with Crippen molar-refractivity contribution in [2.24, 2.45) is 5.73 Å². The molecule has 0 aliphatic rings. The molecule has 4 rings (SSSR count). The number of aromatic nitrogens is 1. The number of rotatable bonds is 11. The average molecular weight is 606 g/mol. The monoisotopic (exact) mass is 605 g/mol. The van der Waals surface area contributed by atoms with Gasteiger partial charge in [0.2, 0.25) is 17.5 Å². The number of pyridine rings is 1.